The highest BCUT2D eigenvalue weighted by Crippen LogP contribution is 2.19. The maximum atomic E-state index is 12.0. The molecular formula is C13H25N5O. The van der Waals surface area contributed by atoms with E-state index in [0.717, 1.165) is 25.9 Å². The number of urea groups is 1. The van der Waals surface area contributed by atoms with Gasteiger partial charge in [-0.25, -0.2) is 4.79 Å². The van der Waals surface area contributed by atoms with Crippen LogP contribution in [0.4, 0.5) is 4.79 Å². The fourth-order valence-corrected chi connectivity index (χ4v) is 2.46. The molecule has 0 radical (unpaired) electrons. The Morgan fingerprint density at radius 3 is 2.26 bits per heavy atom. The summed E-state index contributed by atoms with van der Waals surface area (Å²) in [4.78, 5) is 16.1. The second-order valence-corrected chi connectivity index (χ2v) is 6.02. The van der Waals surface area contributed by atoms with Crippen molar-refractivity contribution in [2.24, 2.45) is 5.73 Å². The van der Waals surface area contributed by atoms with Crippen molar-refractivity contribution in [2.45, 2.75) is 44.7 Å². The van der Waals surface area contributed by atoms with Gasteiger partial charge >= 0.3 is 6.03 Å². The van der Waals surface area contributed by atoms with Gasteiger partial charge in [0.1, 0.15) is 5.84 Å². The third-order valence-corrected chi connectivity index (χ3v) is 4.45. The Labute approximate surface area is 114 Å². The minimum atomic E-state index is -0.420. The van der Waals surface area contributed by atoms with E-state index in [0.29, 0.717) is 19.1 Å². The van der Waals surface area contributed by atoms with E-state index in [4.69, 9.17) is 11.1 Å². The van der Waals surface area contributed by atoms with Gasteiger partial charge in [0, 0.05) is 32.2 Å². The lowest BCUT2D eigenvalue weighted by Gasteiger charge is -2.43. The average Bonchev–Trinajstić information content (AvgIpc) is 2.33. The Morgan fingerprint density at radius 1 is 1.26 bits per heavy atom. The van der Waals surface area contributed by atoms with Gasteiger partial charge < -0.3 is 16.0 Å². The molecule has 0 atom stereocenters. The molecule has 0 aromatic rings. The largest absolute Gasteiger partial charge is 0.386 e. The number of nitrogens with zero attached hydrogens (tertiary/aromatic N) is 2. The van der Waals surface area contributed by atoms with Crippen LogP contribution in [0, 0.1) is 5.41 Å². The Kier molecular flexibility index (Phi) is 3.99. The fraction of sp³-hybridized carbons (Fsp3) is 0.846. The van der Waals surface area contributed by atoms with Crippen LogP contribution in [0.3, 0.4) is 0 Å². The number of hydrogen-bond donors (Lipinski definition) is 3. The Hall–Kier alpha value is -1.30. The first-order valence-corrected chi connectivity index (χ1v) is 7.06. The number of carbonyl (C=O) groups excluding carboxylic acids is 1. The summed E-state index contributed by atoms with van der Waals surface area (Å²) in [6.07, 6.45) is 3.46. The molecule has 0 unspecified atom stereocenters. The molecule has 6 nitrogen and oxygen atoms in total. The summed E-state index contributed by atoms with van der Waals surface area (Å²) in [6.45, 7) is 6.86. The molecule has 1 aliphatic carbocycles. The minimum absolute atomic E-state index is 0.0602. The molecule has 2 fully saturated rings. The van der Waals surface area contributed by atoms with Gasteiger partial charge in [-0.2, -0.15) is 0 Å². The first-order valence-electron chi connectivity index (χ1n) is 7.06. The first kappa shape index (κ1) is 14.1. The lowest BCUT2D eigenvalue weighted by Crippen LogP contribution is -2.61. The molecule has 0 aromatic carbocycles. The summed E-state index contributed by atoms with van der Waals surface area (Å²) in [5, 5.41) is 10.7. The summed E-state index contributed by atoms with van der Waals surface area (Å²) >= 11 is 0. The van der Waals surface area contributed by atoms with Crippen LogP contribution in [0.15, 0.2) is 0 Å². The van der Waals surface area contributed by atoms with Gasteiger partial charge in [-0.05, 0) is 33.1 Å². The molecule has 1 saturated carbocycles. The van der Waals surface area contributed by atoms with Crippen LogP contribution in [0.25, 0.3) is 0 Å². The topological polar surface area (TPSA) is 85.5 Å². The van der Waals surface area contributed by atoms with Gasteiger partial charge in [0.2, 0.25) is 0 Å². The molecule has 108 valence electrons. The van der Waals surface area contributed by atoms with Gasteiger partial charge in [-0.3, -0.25) is 10.3 Å². The molecule has 0 aromatic heterocycles. The molecule has 1 aliphatic heterocycles. The summed E-state index contributed by atoms with van der Waals surface area (Å²) in [7, 11) is 0. The second kappa shape index (κ2) is 5.36. The van der Waals surface area contributed by atoms with Crippen LogP contribution >= 0.6 is 0 Å². The predicted molar refractivity (Wildman–Crippen MR) is 75.3 cm³/mol. The summed E-state index contributed by atoms with van der Waals surface area (Å²) in [5.41, 5.74) is 5.22. The van der Waals surface area contributed by atoms with Crippen LogP contribution < -0.4 is 11.1 Å². The zero-order valence-electron chi connectivity index (χ0n) is 11.9. The number of nitrogens with one attached hydrogen (secondary N) is 2. The number of rotatable bonds is 3. The van der Waals surface area contributed by atoms with Crippen molar-refractivity contribution in [3.8, 4) is 0 Å². The van der Waals surface area contributed by atoms with Crippen molar-refractivity contribution < 1.29 is 4.79 Å². The quantitative estimate of drug-likeness (QED) is 0.516. The predicted octanol–water partition coefficient (Wildman–Crippen LogP) is 0.581. The molecule has 2 amide bonds. The number of hydrogen-bond acceptors (Lipinski definition) is 3. The monoisotopic (exact) mass is 267 g/mol. The summed E-state index contributed by atoms with van der Waals surface area (Å²) in [5.74, 6) is 0.180. The van der Waals surface area contributed by atoms with Gasteiger partial charge in [0.25, 0.3) is 0 Å². The normalized spacial score (nSPS) is 21.9. The van der Waals surface area contributed by atoms with Crippen LogP contribution in [-0.2, 0) is 0 Å². The Bertz CT molecular complexity index is 356. The number of amidine groups is 1. The highest BCUT2D eigenvalue weighted by Gasteiger charge is 2.34. The van der Waals surface area contributed by atoms with E-state index in [-0.39, 0.29) is 11.9 Å². The molecule has 0 bridgehead atoms. The molecule has 0 spiro atoms. The molecular weight excluding hydrogens is 242 g/mol. The van der Waals surface area contributed by atoms with Crippen LogP contribution in [0.2, 0.25) is 0 Å². The fourth-order valence-electron chi connectivity index (χ4n) is 2.46. The lowest BCUT2D eigenvalue weighted by atomic mass is 9.93. The van der Waals surface area contributed by atoms with Gasteiger partial charge in [0.15, 0.2) is 0 Å². The van der Waals surface area contributed by atoms with E-state index in [9.17, 15) is 4.79 Å². The van der Waals surface area contributed by atoms with E-state index < -0.39 is 5.54 Å². The van der Waals surface area contributed by atoms with E-state index in [2.05, 4.69) is 10.2 Å². The zero-order chi connectivity index (χ0) is 14.0. The highest BCUT2D eigenvalue weighted by atomic mass is 16.2. The highest BCUT2D eigenvalue weighted by molar-refractivity contribution is 5.86. The molecule has 19 heavy (non-hydrogen) atoms. The summed E-state index contributed by atoms with van der Waals surface area (Å²) < 4.78 is 0. The number of carbonyl (C=O) groups is 1. The Balaban J connectivity index is 1.81. The van der Waals surface area contributed by atoms with E-state index in [1.54, 1.807) is 0 Å². The molecule has 4 N–H and O–H groups in total. The molecule has 1 saturated heterocycles. The van der Waals surface area contributed by atoms with E-state index in [1.165, 1.54) is 6.42 Å². The summed E-state index contributed by atoms with van der Waals surface area (Å²) in [6, 6.07) is 0.448. The van der Waals surface area contributed by atoms with Crippen molar-refractivity contribution in [1.82, 2.24) is 15.1 Å². The maximum absolute atomic E-state index is 12.0. The van der Waals surface area contributed by atoms with Gasteiger partial charge in [-0.1, -0.05) is 0 Å². The van der Waals surface area contributed by atoms with Gasteiger partial charge in [0.05, 0.1) is 5.54 Å². The number of piperazine rings is 1. The second-order valence-electron chi connectivity index (χ2n) is 6.02. The van der Waals surface area contributed by atoms with Crippen molar-refractivity contribution >= 4 is 11.9 Å². The van der Waals surface area contributed by atoms with Crippen LogP contribution in [-0.4, -0.2) is 59.4 Å². The van der Waals surface area contributed by atoms with Crippen molar-refractivity contribution in [1.29, 1.82) is 5.41 Å². The van der Waals surface area contributed by atoms with Crippen molar-refractivity contribution in [3.05, 3.63) is 0 Å². The molecule has 2 aliphatic rings. The molecule has 2 rings (SSSR count). The van der Waals surface area contributed by atoms with Crippen molar-refractivity contribution in [2.75, 3.05) is 26.2 Å². The smallest absolute Gasteiger partial charge is 0.317 e. The molecule has 1 heterocycles. The third-order valence-electron chi connectivity index (χ3n) is 4.45. The SMILES string of the molecule is CC(C)(C(=N)N)N1CCN(C(=O)NC2CCC2)CC1. The van der Waals surface area contributed by atoms with Gasteiger partial charge in [-0.15, -0.1) is 0 Å². The lowest BCUT2D eigenvalue weighted by molar-refractivity contribution is 0.0943. The van der Waals surface area contributed by atoms with Crippen LogP contribution in [0.5, 0.6) is 0 Å². The number of nitrogens with two attached hydrogens (primary N) is 1. The molecule has 6 heteroatoms. The maximum Gasteiger partial charge on any atom is 0.317 e. The van der Waals surface area contributed by atoms with Crippen LogP contribution in [0.1, 0.15) is 33.1 Å². The Morgan fingerprint density at radius 2 is 1.84 bits per heavy atom. The van der Waals surface area contributed by atoms with E-state index >= 15 is 0 Å². The number of amides is 2. The standard InChI is InChI=1S/C13H25N5O/c1-13(2,11(14)15)18-8-6-17(7-9-18)12(19)16-10-4-3-5-10/h10H,3-9H2,1-2H3,(H3,14,15)(H,16,19). The average molecular weight is 267 g/mol. The zero-order valence-corrected chi connectivity index (χ0v) is 11.9. The van der Waals surface area contributed by atoms with E-state index in [1.807, 2.05) is 18.7 Å². The first-order chi connectivity index (χ1) is 8.91. The third kappa shape index (κ3) is 3.00. The minimum Gasteiger partial charge on any atom is -0.386 e. The van der Waals surface area contributed by atoms with Crippen molar-refractivity contribution in [3.63, 3.8) is 0 Å².